The van der Waals surface area contributed by atoms with E-state index in [4.69, 9.17) is 0 Å². The van der Waals surface area contributed by atoms with E-state index in [1.54, 1.807) is 6.92 Å². The summed E-state index contributed by atoms with van der Waals surface area (Å²) in [6.45, 7) is 11.1. The largest absolute Gasteiger partial charge is 0.300 e. The molecule has 1 aromatic carbocycles. The van der Waals surface area contributed by atoms with E-state index in [9.17, 15) is 24.0 Å². The minimum absolute atomic E-state index is 0.0117. The van der Waals surface area contributed by atoms with Gasteiger partial charge in [-0.15, -0.1) is 0 Å². The summed E-state index contributed by atoms with van der Waals surface area (Å²) in [5, 5.41) is 0. The molecular formula is C34H50O5. The van der Waals surface area contributed by atoms with Crippen LogP contribution in [0.25, 0.3) is 0 Å². The molecule has 0 saturated heterocycles. The Kier molecular flexibility index (Phi) is 13.4. The van der Waals surface area contributed by atoms with Gasteiger partial charge in [-0.25, -0.2) is 0 Å². The number of rotatable bonds is 13. The van der Waals surface area contributed by atoms with Gasteiger partial charge in [-0.3, -0.25) is 19.2 Å². The summed E-state index contributed by atoms with van der Waals surface area (Å²) in [6.07, 6.45) is 10.2. The smallest absolute Gasteiger partial charge is 0.163 e. The van der Waals surface area contributed by atoms with E-state index in [1.165, 1.54) is 6.92 Å². The van der Waals surface area contributed by atoms with Crippen molar-refractivity contribution in [2.45, 2.75) is 125 Å². The minimum Gasteiger partial charge on any atom is -0.300 e. The van der Waals surface area contributed by atoms with Crippen molar-refractivity contribution in [2.75, 3.05) is 0 Å². The second-order valence-electron chi connectivity index (χ2n) is 11.9. The zero-order valence-corrected chi connectivity index (χ0v) is 25.2. The molecule has 0 N–H and O–H groups in total. The number of ketones is 5. The Morgan fingerprint density at radius 3 is 2.13 bits per heavy atom. The minimum atomic E-state index is -0.124. The van der Waals surface area contributed by atoms with Gasteiger partial charge in [-0.05, 0) is 81.4 Å². The topological polar surface area (TPSA) is 85.3 Å². The van der Waals surface area contributed by atoms with Crippen molar-refractivity contribution in [1.29, 1.82) is 0 Å². The summed E-state index contributed by atoms with van der Waals surface area (Å²) >= 11 is 0. The van der Waals surface area contributed by atoms with Crippen LogP contribution in [0, 0.1) is 30.6 Å². The average Bonchev–Trinajstić information content (AvgIpc) is 3.41. The Morgan fingerprint density at radius 2 is 1.59 bits per heavy atom. The molecule has 0 bridgehead atoms. The lowest BCUT2D eigenvalue weighted by molar-refractivity contribution is -0.130. The zero-order chi connectivity index (χ0) is 29.1. The third kappa shape index (κ3) is 9.61. The van der Waals surface area contributed by atoms with Crippen LogP contribution in [-0.4, -0.2) is 28.9 Å². The Balaban J connectivity index is 0.000000976. The van der Waals surface area contributed by atoms with Crippen LogP contribution in [0.5, 0.6) is 0 Å². The molecule has 0 aliphatic heterocycles. The van der Waals surface area contributed by atoms with E-state index in [0.717, 1.165) is 80.0 Å². The summed E-state index contributed by atoms with van der Waals surface area (Å²) in [7, 11) is 0. The molecule has 39 heavy (non-hydrogen) atoms. The molecule has 2 aliphatic carbocycles. The van der Waals surface area contributed by atoms with Crippen molar-refractivity contribution in [3.05, 3.63) is 34.4 Å². The molecule has 1 saturated carbocycles. The zero-order valence-electron chi connectivity index (χ0n) is 25.2. The van der Waals surface area contributed by atoms with Crippen molar-refractivity contribution < 1.29 is 24.0 Å². The van der Waals surface area contributed by atoms with E-state index >= 15 is 0 Å². The van der Waals surface area contributed by atoms with E-state index in [2.05, 4.69) is 13.0 Å². The third-order valence-electron chi connectivity index (χ3n) is 8.68. The van der Waals surface area contributed by atoms with Crippen molar-refractivity contribution in [3.63, 3.8) is 0 Å². The number of fused-ring (bicyclic) bond motifs is 1. The van der Waals surface area contributed by atoms with Gasteiger partial charge in [0.25, 0.3) is 0 Å². The van der Waals surface area contributed by atoms with E-state index in [0.29, 0.717) is 25.0 Å². The normalized spacial score (nSPS) is 18.5. The van der Waals surface area contributed by atoms with Crippen molar-refractivity contribution in [3.8, 4) is 0 Å². The molecule has 5 heteroatoms. The molecule has 0 aromatic heterocycles. The van der Waals surface area contributed by atoms with Crippen LogP contribution in [0.2, 0.25) is 0 Å². The van der Waals surface area contributed by atoms with Gasteiger partial charge >= 0.3 is 0 Å². The Labute approximate surface area is 235 Å². The Hall–Kier alpha value is -2.43. The predicted octanol–water partition coefficient (Wildman–Crippen LogP) is 7.41. The molecule has 216 valence electrons. The van der Waals surface area contributed by atoms with Crippen LogP contribution in [0.4, 0.5) is 0 Å². The molecule has 3 atom stereocenters. The van der Waals surface area contributed by atoms with Gasteiger partial charge in [0.05, 0.1) is 6.42 Å². The maximum absolute atomic E-state index is 13.3. The third-order valence-corrected chi connectivity index (χ3v) is 8.68. The van der Waals surface area contributed by atoms with Crippen LogP contribution >= 0.6 is 0 Å². The standard InChI is InChI=1S/C30H42O4.C4H8O/c1-5-9-23(25(6-2)28(33)14-20(4)31)15-21-16-26-24(18-27(32)22-10-7-8-11-22)13-12-19(3)30(26)29(34)17-21;1-3-4(2)5/h12-13,21-23,25H,5-11,14-18H2,1-4H3;3H2,1-2H3. The van der Waals surface area contributed by atoms with Crippen LogP contribution in [0.1, 0.15) is 132 Å². The molecular weight excluding hydrogens is 488 g/mol. The second kappa shape index (κ2) is 16.0. The Bertz CT molecular complexity index is 1030. The first-order valence-corrected chi connectivity index (χ1v) is 15.2. The fraction of sp³-hybridized carbons (Fsp3) is 0.676. The first-order valence-electron chi connectivity index (χ1n) is 15.2. The molecule has 2 aliphatic rings. The number of benzene rings is 1. The van der Waals surface area contributed by atoms with E-state index in [-0.39, 0.29) is 53.2 Å². The number of aryl methyl sites for hydroxylation is 1. The number of carbonyl (C=O) groups is 5. The SMILES string of the molecule is CCC(C)=O.CCCC(CC1CC(=O)c2c(C)ccc(CC(=O)C3CCCC3)c2C1)C(CC)C(=O)CC(C)=O. The molecule has 3 rings (SSSR count). The average molecular weight is 539 g/mol. The summed E-state index contributed by atoms with van der Waals surface area (Å²) in [5.74, 6) is 1.15. The van der Waals surface area contributed by atoms with Gasteiger partial charge in [0.15, 0.2) is 5.78 Å². The van der Waals surface area contributed by atoms with Crippen LogP contribution in [0.3, 0.4) is 0 Å². The molecule has 1 fully saturated rings. The number of hydrogen-bond donors (Lipinski definition) is 0. The number of Topliss-reactive ketones (excluding diaryl/α,β-unsaturated/α-hetero) is 5. The summed E-state index contributed by atoms with van der Waals surface area (Å²) in [6, 6.07) is 4.06. The van der Waals surface area contributed by atoms with Crippen molar-refractivity contribution in [1.82, 2.24) is 0 Å². The van der Waals surface area contributed by atoms with Gasteiger partial charge in [-0.2, -0.15) is 0 Å². The molecule has 1 aromatic rings. The van der Waals surface area contributed by atoms with E-state index in [1.807, 2.05) is 26.8 Å². The first kappa shape index (κ1) is 32.8. The number of hydrogen-bond acceptors (Lipinski definition) is 5. The first-order chi connectivity index (χ1) is 18.5. The summed E-state index contributed by atoms with van der Waals surface area (Å²) in [4.78, 5) is 60.4. The lowest BCUT2D eigenvalue weighted by Gasteiger charge is -2.32. The highest BCUT2D eigenvalue weighted by atomic mass is 16.2. The summed E-state index contributed by atoms with van der Waals surface area (Å²) < 4.78 is 0. The molecule has 0 heterocycles. The fourth-order valence-electron chi connectivity index (χ4n) is 6.55. The molecule has 0 amide bonds. The van der Waals surface area contributed by atoms with Gasteiger partial charge in [0.2, 0.25) is 0 Å². The van der Waals surface area contributed by atoms with Crippen molar-refractivity contribution >= 4 is 28.9 Å². The monoisotopic (exact) mass is 538 g/mol. The van der Waals surface area contributed by atoms with Crippen LogP contribution < -0.4 is 0 Å². The highest BCUT2D eigenvalue weighted by Gasteiger charge is 2.34. The quantitative estimate of drug-likeness (QED) is 0.244. The molecule has 0 spiro atoms. The molecule has 0 radical (unpaired) electrons. The highest BCUT2D eigenvalue weighted by molar-refractivity contribution is 6.01. The van der Waals surface area contributed by atoms with E-state index < -0.39 is 0 Å². The van der Waals surface area contributed by atoms with Gasteiger partial charge < -0.3 is 4.79 Å². The lowest BCUT2D eigenvalue weighted by atomic mass is 9.71. The van der Waals surface area contributed by atoms with Crippen molar-refractivity contribution in [2.24, 2.45) is 23.7 Å². The van der Waals surface area contributed by atoms with Crippen LogP contribution in [0.15, 0.2) is 12.1 Å². The predicted molar refractivity (Wildman–Crippen MR) is 156 cm³/mol. The highest BCUT2D eigenvalue weighted by Crippen LogP contribution is 2.38. The molecule has 5 nitrogen and oxygen atoms in total. The summed E-state index contributed by atoms with van der Waals surface area (Å²) in [5.41, 5.74) is 3.94. The van der Waals surface area contributed by atoms with Gasteiger partial charge in [0.1, 0.15) is 23.1 Å². The number of carbonyl (C=O) groups excluding carboxylic acids is 5. The lowest BCUT2D eigenvalue weighted by Crippen LogP contribution is -2.30. The second-order valence-corrected chi connectivity index (χ2v) is 11.9. The maximum atomic E-state index is 13.3. The maximum Gasteiger partial charge on any atom is 0.163 e. The molecule has 3 unspecified atom stereocenters. The van der Waals surface area contributed by atoms with Gasteiger partial charge in [0, 0.05) is 36.7 Å². The van der Waals surface area contributed by atoms with Gasteiger partial charge in [-0.1, -0.05) is 58.6 Å². The van der Waals surface area contributed by atoms with Crippen LogP contribution in [-0.2, 0) is 32.0 Å². The fourth-order valence-corrected chi connectivity index (χ4v) is 6.55. The Morgan fingerprint density at radius 1 is 0.949 bits per heavy atom.